The third-order valence-corrected chi connectivity index (χ3v) is 5.08. The monoisotopic (exact) mass is 398 g/mol. The molecule has 0 spiro atoms. The fourth-order valence-corrected chi connectivity index (χ4v) is 3.41. The van der Waals surface area contributed by atoms with Crippen LogP contribution >= 0.6 is 11.3 Å². The molecule has 2 N–H and O–H groups in total. The number of halogens is 1. The Balaban J connectivity index is 1.59. The van der Waals surface area contributed by atoms with Gasteiger partial charge in [0, 0.05) is 23.2 Å². The van der Waals surface area contributed by atoms with Gasteiger partial charge in [-0.3, -0.25) is 9.59 Å². The molecule has 144 valence electrons. The molecular formula is C21H19FN2O3S. The molecule has 7 heteroatoms. The molecule has 1 aromatic heterocycles. The molecule has 0 fully saturated rings. The highest BCUT2D eigenvalue weighted by Gasteiger charge is 2.13. The van der Waals surface area contributed by atoms with Crippen molar-refractivity contribution in [2.45, 2.75) is 6.42 Å². The molecule has 0 atom stereocenters. The van der Waals surface area contributed by atoms with Gasteiger partial charge in [-0.25, -0.2) is 4.39 Å². The van der Waals surface area contributed by atoms with E-state index < -0.39 is 0 Å². The zero-order chi connectivity index (χ0) is 19.9. The maximum absolute atomic E-state index is 13.9. The van der Waals surface area contributed by atoms with Crippen molar-refractivity contribution in [3.63, 3.8) is 0 Å². The number of nitrogens with one attached hydrogen (secondary N) is 2. The van der Waals surface area contributed by atoms with Crippen LogP contribution in [0.3, 0.4) is 0 Å². The molecule has 3 aromatic rings. The predicted octanol–water partition coefficient (Wildman–Crippen LogP) is 4.32. The van der Waals surface area contributed by atoms with Crippen LogP contribution in [-0.2, 0) is 4.79 Å². The number of hydrogen-bond donors (Lipinski definition) is 2. The second-order valence-corrected chi connectivity index (χ2v) is 6.98. The van der Waals surface area contributed by atoms with Crippen molar-refractivity contribution in [2.75, 3.05) is 19.0 Å². The van der Waals surface area contributed by atoms with Gasteiger partial charge in [0.1, 0.15) is 11.6 Å². The van der Waals surface area contributed by atoms with Crippen LogP contribution in [-0.4, -0.2) is 25.5 Å². The summed E-state index contributed by atoms with van der Waals surface area (Å²) in [4.78, 5) is 24.8. The molecule has 2 amide bonds. The maximum Gasteiger partial charge on any atom is 0.265 e. The Bertz CT molecular complexity index is 970. The van der Waals surface area contributed by atoms with Crippen molar-refractivity contribution >= 4 is 28.8 Å². The van der Waals surface area contributed by atoms with Gasteiger partial charge in [0.15, 0.2) is 0 Å². The minimum atomic E-state index is -0.316. The Labute approximate surface area is 166 Å². The summed E-state index contributed by atoms with van der Waals surface area (Å²) in [5, 5.41) is 5.33. The van der Waals surface area contributed by atoms with Gasteiger partial charge in [-0.05, 0) is 42.5 Å². The average molecular weight is 398 g/mol. The largest absolute Gasteiger partial charge is 0.493 e. The summed E-state index contributed by atoms with van der Waals surface area (Å²) in [7, 11) is 1.58. The van der Waals surface area contributed by atoms with Gasteiger partial charge < -0.3 is 15.4 Å². The summed E-state index contributed by atoms with van der Waals surface area (Å²) in [5.74, 6) is -0.0568. The third-order valence-electron chi connectivity index (χ3n) is 3.96. The minimum Gasteiger partial charge on any atom is -0.493 e. The molecular weight excluding hydrogens is 379 g/mol. The Hall–Kier alpha value is -3.19. The SMILES string of the molecule is CNC(=O)CCOc1ccc(NC(=O)c2ccc(-c3ccccc3F)s2)cc1. The standard InChI is InChI=1S/C21H19FN2O3S/c1-23-20(25)12-13-27-15-8-6-14(7-9-15)24-21(26)19-11-10-18(28-19)16-4-2-3-5-17(16)22/h2-11H,12-13H2,1H3,(H,23,25)(H,24,26). The van der Waals surface area contributed by atoms with Crippen molar-refractivity contribution in [3.05, 3.63) is 71.4 Å². The lowest BCUT2D eigenvalue weighted by atomic mass is 10.2. The smallest absolute Gasteiger partial charge is 0.265 e. The molecule has 0 radical (unpaired) electrons. The van der Waals surface area contributed by atoms with E-state index in [1.165, 1.54) is 17.4 Å². The highest BCUT2D eigenvalue weighted by Crippen LogP contribution is 2.30. The highest BCUT2D eigenvalue weighted by atomic mass is 32.1. The quantitative estimate of drug-likeness (QED) is 0.623. The number of carbonyl (C=O) groups excluding carboxylic acids is 2. The van der Waals surface area contributed by atoms with E-state index in [1.807, 2.05) is 0 Å². The minimum absolute atomic E-state index is 0.0883. The highest BCUT2D eigenvalue weighted by molar-refractivity contribution is 7.17. The van der Waals surface area contributed by atoms with Crippen molar-refractivity contribution in [1.29, 1.82) is 0 Å². The molecule has 0 aliphatic rings. The van der Waals surface area contributed by atoms with Crippen molar-refractivity contribution in [1.82, 2.24) is 5.32 Å². The maximum atomic E-state index is 13.9. The van der Waals surface area contributed by atoms with Gasteiger partial charge in [0.25, 0.3) is 5.91 Å². The molecule has 0 bridgehead atoms. The van der Waals surface area contributed by atoms with Gasteiger partial charge in [0.2, 0.25) is 5.91 Å². The lowest BCUT2D eigenvalue weighted by Gasteiger charge is -2.07. The molecule has 0 aliphatic heterocycles. The zero-order valence-electron chi connectivity index (χ0n) is 15.2. The first-order chi connectivity index (χ1) is 13.6. The van der Waals surface area contributed by atoms with Gasteiger partial charge in [-0.2, -0.15) is 0 Å². The number of rotatable bonds is 7. The van der Waals surface area contributed by atoms with E-state index >= 15 is 0 Å². The molecule has 0 aliphatic carbocycles. The van der Waals surface area contributed by atoms with Crippen molar-refractivity contribution in [3.8, 4) is 16.2 Å². The van der Waals surface area contributed by atoms with Gasteiger partial charge in [0.05, 0.1) is 17.9 Å². The summed E-state index contributed by atoms with van der Waals surface area (Å²) in [6.07, 6.45) is 0.276. The topological polar surface area (TPSA) is 67.4 Å². The molecule has 2 aromatic carbocycles. The number of amides is 2. The number of benzene rings is 2. The Morgan fingerprint density at radius 3 is 2.50 bits per heavy atom. The summed E-state index contributed by atoms with van der Waals surface area (Å²) < 4.78 is 19.4. The van der Waals surface area contributed by atoms with Crippen LogP contribution < -0.4 is 15.4 Å². The number of anilines is 1. The Morgan fingerprint density at radius 1 is 1.04 bits per heavy atom. The number of carbonyl (C=O) groups is 2. The van der Waals surface area contributed by atoms with E-state index in [0.29, 0.717) is 26.8 Å². The lowest BCUT2D eigenvalue weighted by molar-refractivity contribution is -0.121. The van der Waals surface area contributed by atoms with Crippen molar-refractivity contribution < 1.29 is 18.7 Å². The zero-order valence-corrected chi connectivity index (χ0v) is 16.0. The molecule has 0 unspecified atom stereocenters. The van der Waals surface area contributed by atoms with E-state index in [-0.39, 0.29) is 30.7 Å². The first-order valence-corrected chi connectivity index (χ1v) is 9.48. The van der Waals surface area contributed by atoms with Crippen molar-refractivity contribution in [2.24, 2.45) is 0 Å². The van der Waals surface area contributed by atoms with Crippen LogP contribution in [0.5, 0.6) is 5.75 Å². The number of ether oxygens (including phenoxy) is 1. The molecule has 28 heavy (non-hydrogen) atoms. The van der Waals surface area contributed by atoms with Gasteiger partial charge in [-0.1, -0.05) is 18.2 Å². The lowest BCUT2D eigenvalue weighted by Crippen LogP contribution is -2.20. The number of hydrogen-bond acceptors (Lipinski definition) is 4. The molecule has 0 saturated carbocycles. The summed E-state index contributed by atoms with van der Waals surface area (Å²) in [5.41, 5.74) is 1.09. The fraction of sp³-hybridized carbons (Fsp3) is 0.143. The van der Waals surface area contributed by atoms with Crippen LogP contribution in [0.15, 0.2) is 60.7 Å². The normalized spacial score (nSPS) is 10.4. The van der Waals surface area contributed by atoms with Gasteiger partial charge in [-0.15, -0.1) is 11.3 Å². The van der Waals surface area contributed by atoms with Crippen LogP contribution in [0.25, 0.3) is 10.4 Å². The second kappa shape index (κ2) is 9.14. The van der Waals surface area contributed by atoms with E-state index in [0.717, 1.165) is 0 Å². The van der Waals surface area contributed by atoms with Gasteiger partial charge >= 0.3 is 0 Å². The van der Waals surface area contributed by atoms with E-state index in [2.05, 4.69) is 10.6 Å². The fourth-order valence-electron chi connectivity index (χ4n) is 2.48. The molecule has 1 heterocycles. The molecule has 0 saturated heterocycles. The summed E-state index contributed by atoms with van der Waals surface area (Å²) in [6, 6.07) is 16.8. The van der Waals surface area contributed by atoms with Crippen LogP contribution in [0, 0.1) is 5.82 Å². The Kier molecular flexibility index (Phi) is 6.39. The average Bonchev–Trinajstić information content (AvgIpc) is 3.19. The first-order valence-electron chi connectivity index (χ1n) is 8.66. The van der Waals surface area contributed by atoms with Crippen LogP contribution in [0.2, 0.25) is 0 Å². The van der Waals surface area contributed by atoms with E-state index in [4.69, 9.17) is 4.74 Å². The molecule has 5 nitrogen and oxygen atoms in total. The second-order valence-electron chi connectivity index (χ2n) is 5.89. The first kappa shape index (κ1) is 19.6. The van der Waals surface area contributed by atoms with E-state index in [1.54, 1.807) is 61.6 Å². The van der Waals surface area contributed by atoms with E-state index in [9.17, 15) is 14.0 Å². The predicted molar refractivity (Wildman–Crippen MR) is 108 cm³/mol. The Morgan fingerprint density at radius 2 is 1.79 bits per heavy atom. The third kappa shape index (κ3) is 4.95. The number of thiophene rings is 1. The summed E-state index contributed by atoms with van der Waals surface area (Å²) in [6.45, 7) is 0.277. The van der Waals surface area contributed by atoms with Crippen LogP contribution in [0.1, 0.15) is 16.1 Å². The molecule has 3 rings (SSSR count). The van der Waals surface area contributed by atoms with Crippen LogP contribution in [0.4, 0.5) is 10.1 Å². The summed E-state index contributed by atoms with van der Waals surface area (Å²) >= 11 is 1.23.